The molecule has 3 N–H and O–H groups in total. The second-order valence-corrected chi connectivity index (χ2v) is 12.5. The molecular weight excluding hydrogens is 560 g/mol. The molecule has 1 heterocycles. The highest BCUT2D eigenvalue weighted by Crippen LogP contribution is 2.60. The van der Waals surface area contributed by atoms with Crippen molar-refractivity contribution in [2.75, 3.05) is 5.32 Å². The van der Waals surface area contributed by atoms with E-state index < -0.39 is 23.2 Å². The van der Waals surface area contributed by atoms with Crippen molar-refractivity contribution < 1.29 is 9.90 Å². The van der Waals surface area contributed by atoms with E-state index >= 15 is 0 Å². The van der Waals surface area contributed by atoms with Gasteiger partial charge in [0.2, 0.25) is 5.88 Å². The minimum atomic E-state index is -0.831. The third kappa shape index (κ3) is 4.67. The zero-order valence-corrected chi connectivity index (χ0v) is 23.5. The lowest BCUT2D eigenvalue weighted by Gasteiger charge is -2.57. The van der Waals surface area contributed by atoms with Crippen LogP contribution in [0.2, 0.25) is 0 Å². The third-order valence-corrected chi connectivity index (χ3v) is 9.69. The Morgan fingerprint density at radius 3 is 2.26 bits per heavy atom. The molecule has 0 unspecified atom stereocenters. The lowest BCUT2D eigenvalue weighted by Crippen LogP contribution is -2.48. The van der Waals surface area contributed by atoms with Crippen molar-refractivity contribution in [3.05, 3.63) is 84.0 Å². The fraction of sp³-hybridized carbons (Fsp3) is 0.400. The van der Waals surface area contributed by atoms with Crippen molar-refractivity contribution in [1.82, 2.24) is 9.55 Å². The number of aliphatic imine (C=N–C) groups is 1. The lowest BCUT2D eigenvalue weighted by molar-refractivity contribution is -0.00518. The molecule has 9 heteroatoms. The lowest BCUT2D eigenvalue weighted by atomic mass is 9.48. The number of halogens is 1. The Kier molecular flexibility index (Phi) is 6.37. The summed E-state index contributed by atoms with van der Waals surface area (Å²) in [5, 5.41) is 13.6. The van der Waals surface area contributed by atoms with E-state index in [1.807, 2.05) is 38.1 Å². The number of benzene rings is 2. The molecule has 4 aliphatic carbocycles. The molecule has 4 saturated carbocycles. The van der Waals surface area contributed by atoms with Crippen molar-refractivity contribution in [3.8, 4) is 11.6 Å². The summed E-state index contributed by atoms with van der Waals surface area (Å²) in [6.07, 6.45) is 8.74. The van der Waals surface area contributed by atoms with E-state index in [-0.39, 0.29) is 11.0 Å². The quantitative estimate of drug-likeness (QED) is 0.336. The van der Waals surface area contributed by atoms with Crippen LogP contribution < -0.4 is 16.6 Å². The van der Waals surface area contributed by atoms with Crippen LogP contribution >= 0.6 is 15.9 Å². The molecule has 2 amide bonds. The maximum Gasteiger partial charge on any atom is 0.345 e. The summed E-state index contributed by atoms with van der Waals surface area (Å²) >= 11 is 3.42. The zero-order valence-electron chi connectivity index (χ0n) is 22.0. The van der Waals surface area contributed by atoms with Crippen LogP contribution in [0.15, 0.2) is 55.5 Å². The Morgan fingerprint density at radius 1 is 1.05 bits per heavy atom. The number of amides is 2. The normalized spacial score (nSPS) is 25.4. The van der Waals surface area contributed by atoms with E-state index in [1.54, 1.807) is 0 Å². The van der Waals surface area contributed by atoms with Crippen LogP contribution in [-0.4, -0.2) is 26.9 Å². The van der Waals surface area contributed by atoms with E-state index in [4.69, 9.17) is 0 Å². The number of rotatable bonds is 4. The summed E-state index contributed by atoms with van der Waals surface area (Å²) in [4.78, 5) is 43.7. The van der Waals surface area contributed by atoms with E-state index in [0.29, 0.717) is 15.8 Å². The van der Waals surface area contributed by atoms with Gasteiger partial charge in [0.05, 0.1) is 17.6 Å². The van der Waals surface area contributed by atoms with E-state index in [9.17, 15) is 19.5 Å². The van der Waals surface area contributed by atoms with Crippen LogP contribution in [0, 0.1) is 31.6 Å². The van der Waals surface area contributed by atoms with Crippen molar-refractivity contribution in [1.29, 1.82) is 0 Å². The predicted molar refractivity (Wildman–Crippen MR) is 154 cm³/mol. The van der Waals surface area contributed by atoms with Crippen LogP contribution in [0.25, 0.3) is 5.69 Å². The molecule has 39 heavy (non-hydrogen) atoms. The first-order valence-corrected chi connectivity index (χ1v) is 14.2. The highest BCUT2D eigenvalue weighted by molar-refractivity contribution is 9.10. The van der Waals surface area contributed by atoms with Gasteiger partial charge < -0.3 is 10.4 Å². The molecule has 0 atom stereocenters. The fourth-order valence-corrected chi connectivity index (χ4v) is 8.03. The Morgan fingerprint density at radius 2 is 1.64 bits per heavy atom. The second-order valence-electron chi connectivity index (χ2n) is 11.7. The van der Waals surface area contributed by atoms with Crippen LogP contribution in [0.1, 0.15) is 60.8 Å². The molecule has 0 spiro atoms. The third-order valence-electron chi connectivity index (χ3n) is 9.03. The molecule has 8 nitrogen and oxygen atoms in total. The van der Waals surface area contributed by atoms with Crippen LogP contribution in [-0.2, 0) is 5.41 Å². The van der Waals surface area contributed by atoms with Gasteiger partial charge in [-0.3, -0.25) is 9.78 Å². The number of aromatic amines is 1. The van der Waals surface area contributed by atoms with Crippen LogP contribution in [0.3, 0.4) is 0 Å². The molecular formula is C30H31BrN4O4. The number of urea groups is 1. The highest BCUT2D eigenvalue weighted by atomic mass is 79.9. The maximum atomic E-state index is 12.7. The van der Waals surface area contributed by atoms with Crippen molar-refractivity contribution in [2.45, 2.75) is 57.8 Å². The molecule has 2 aromatic carbocycles. The second kappa shape index (κ2) is 9.62. The minimum absolute atomic E-state index is 0.210. The molecule has 0 radical (unpaired) electrons. The average molecular weight is 592 g/mol. The van der Waals surface area contributed by atoms with E-state index in [0.717, 1.165) is 39.7 Å². The van der Waals surface area contributed by atoms with Gasteiger partial charge in [-0.05, 0) is 132 Å². The Bertz CT molecular complexity index is 1580. The number of carbonyl (C=O) groups excluding carboxylic acids is 1. The average Bonchev–Trinajstić information content (AvgIpc) is 2.86. The van der Waals surface area contributed by atoms with E-state index in [2.05, 4.69) is 43.4 Å². The number of nitrogens with one attached hydrogen (secondary N) is 2. The number of hydrogen-bond acceptors (Lipinski definition) is 4. The number of aromatic nitrogens is 2. The smallest absolute Gasteiger partial charge is 0.345 e. The number of hydrogen-bond donors (Lipinski definition) is 3. The summed E-state index contributed by atoms with van der Waals surface area (Å²) in [7, 11) is 0. The summed E-state index contributed by atoms with van der Waals surface area (Å²) in [6.45, 7) is 3.89. The van der Waals surface area contributed by atoms with Crippen molar-refractivity contribution in [2.24, 2.45) is 22.7 Å². The van der Waals surface area contributed by atoms with Crippen LogP contribution in [0.4, 0.5) is 10.5 Å². The first-order chi connectivity index (χ1) is 18.6. The topological polar surface area (TPSA) is 117 Å². The van der Waals surface area contributed by atoms with Gasteiger partial charge in [-0.25, -0.2) is 19.1 Å². The van der Waals surface area contributed by atoms with Gasteiger partial charge in [0, 0.05) is 4.47 Å². The molecule has 1 aromatic heterocycles. The Hall–Kier alpha value is -3.46. The summed E-state index contributed by atoms with van der Waals surface area (Å²) in [6, 6.07) is 10.7. The zero-order chi connectivity index (χ0) is 27.5. The van der Waals surface area contributed by atoms with Crippen LogP contribution in [0.5, 0.6) is 5.88 Å². The molecule has 4 bridgehead atoms. The van der Waals surface area contributed by atoms with Gasteiger partial charge in [0.25, 0.3) is 5.56 Å². The number of aromatic hydroxyl groups is 1. The van der Waals surface area contributed by atoms with Gasteiger partial charge >= 0.3 is 11.7 Å². The molecule has 3 aromatic rings. The van der Waals surface area contributed by atoms with Gasteiger partial charge in [0.15, 0.2) is 0 Å². The van der Waals surface area contributed by atoms with Crippen molar-refractivity contribution >= 4 is 33.9 Å². The van der Waals surface area contributed by atoms with Gasteiger partial charge in [-0.1, -0.05) is 12.1 Å². The first-order valence-electron chi connectivity index (χ1n) is 13.4. The van der Waals surface area contributed by atoms with Gasteiger partial charge in [-0.2, -0.15) is 0 Å². The number of carbonyl (C=O) groups is 1. The predicted octanol–water partition coefficient (Wildman–Crippen LogP) is 5.73. The number of H-pyrrole nitrogens is 1. The molecule has 0 aliphatic heterocycles. The minimum Gasteiger partial charge on any atom is -0.493 e. The molecule has 4 aliphatic rings. The largest absolute Gasteiger partial charge is 0.493 e. The highest BCUT2D eigenvalue weighted by Gasteiger charge is 2.51. The van der Waals surface area contributed by atoms with Crippen molar-refractivity contribution in [3.63, 3.8) is 0 Å². The Balaban J connectivity index is 1.26. The van der Waals surface area contributed by atoms with E-state index in [1.165, 1.54) is 44.1 Å². The molecule has 202 valence electrons. The maximum absolute atomic E-state index is 12.7. The summed E-state index contributed by atoms with van der Waals surface area (Å²) in [5.41, 5.74) is 2.64. The summed E-state index contributed by atoms with van der Waals surface area (Å²) in [5.74, 6) is 1.88. The Labute approximate surface area is 234 Å². The van der Waals surface area contributed by atoms with Gasteiger partial charge in [0.1, 0.15) is 5.56 Å². The molecule has 7 rings (SSSR count). The fourth-order valence-electron chi connectivity index (χ4n) is 7.47. The number of anilines is 1. The number of nitrogens with zero attached hydrogens (tertiary/aromatic N) is 2. The SMILES string of the molecule is Cc1cc(Br)c(NC(=O)N=Cc2c(O)n(-c3ccc(C45CC6CC(CC(C6)C4)C5)cc3)c(=O)[nH]c2=O)cc1C. The first kappa shape index (κ1) is 25.8. The van der Waals surface area contributed by atoms with Gasteiger partial charge in [-0.15, -0.1) is 0 Å². The monoisotopic (exact) mass is 590 g/mol. The number of aryl methyl sites for hydroxylation is 2. The molecule has 0 saturated heterocycles. The summed E-state index contributed by atoms with van der Waals surface area (Å²) < 4.78 is 1.73. The molecule has 4 fully saturated rings. The standard InChI is InChI=1S/C30H31BrN4O4/c1-16-7-24(31)25(8-17(16)2)33-28(38)32-15-23-26(36)34-29(39)35(27(23)37)22-5-3-21(4-6-22)30-12-18-9-19(13-30)11-20(10-18)14-30/h3-8,15,18-20,37H,9-14H2,1-2H3,(H,33,38)(H,34,36,39).